The molecule has 0 saturated carbocycles. The Labute approximate surface area is 359 Å². The molecule has 2 aromatic heterocycles. The Bertz CT molecular complexity index is 2230. The van der Waals surface area contributed by atoms with Crippen molar-refractivity contribution in [1.29, 1.82) is 0 Å². The third-order valence-corrected chi connectivity index (χ3v) is 13.8. The average Bonchev–Trinajstić information content (AvgIpc) is 4.07. The summed E-state index contributed by atoms with van der Waals surface area (Å²) in [5, 5.41) is 5.95. The molecule has 0 radical (unpaired) electrons. The van der Waals surface area contributed by atoms with Gasteiger partial charge in [-0.05, 0) is 94.8 Å². The summed E-state index contributed by atoms with van der Waals surface area (Å²) in [6.45, 7) is 4.40. The Hall–Kier alpha value is -4.82. The van der Waals surface area contributed by atoms with Crippen LogP contribution in [0.5, 0.6) is 0 Å². The molecule has 2 aromatic carbocycles. The van der Waals surface area contributed by atoms with Crippen molar-refractivity contribution in [2.24, 2.45) is 10.3 Å². The monoisotopic (exact) mass is 880 g/mol. The van der Waals surface area contributed by atoms with Crippen molar-refractivity contribution >= 4 is 58.2 Å². The number of unbranched alkanes of at least 4 members (excludes halogenated alkanes) is 10. The van der Waals surface area contributed by atoms with Crippen LogP contribution < -0.4 is 0 Å². The lowest BCUT2D eigenvalue weighted by molar-refractivity contribution is -0.137. The van der Waals surface area contributed by atoms with Gasteiger partial charge in [-0.3, -0.25) is 0 Å². The summed E-state index contributed by atoms with van der Waals surface area (Å²) in [5.74, 6) is -2.30. The highest BCUT2D eigenvalue weighted by molar-refractivity contribution is 7.16. The van der Waals surface area contributed by atoms with Gasteiger partial charge in [0.15, 0.2) is 11.4 Å². The third-order valence-electron chi connectivity index (χ3n) is 11.6. The van der Waals surface area contributed by atoms with Crippen LogP contribution in [0.2, 0.25) is 0 Å². The molecule has 0 atom stereocenters. The van der Waals surface area contributed by atoms with Crippen LogP contribution in [0.1, 0.15) is 125 Å². The van der Waals surface area contributed by atoms with Crippen molar-refractivity contribution < 1.29 is 45.6 Å². The highest BCUT2D eigenvalue weighted by Gasteiger charge is 2.47. The second kappa shape index (κ2) is 18.7. The largest absolute Gasteiger partial charge is 0.437 e. The van der Waals surface area contributed by atoms with E-state index in [0.29, 0.717) is 9.75 Å². The van der Waals surface area contributed by atoms with Gasteiger partial charge in [0.25, 0.3) is 0 Å². The SMILES string of the molecule is CCCCCCCCC1(CCCCCCCC)c2cc(-c3ccc(/C=C4\C(=O)ON=C4C(F)(F)F)s3)ccc2-c2ccc(-c3ccc(/C=C4\C(=O)ON=C4C(F)(F)F)s3)cc21. The molecule has 322 valence electrons. The molecule has 4 heterocycles. The van der Waals surface area contributed by atoms with Gasteiger partial charge in [-0.2, -0.15) is 26.3 Å². The fourth-order valence-electron chi connectivity index (χ4n) is 8.56. The number of halogens is 6. The van der Waals surface area contributed by atoms with Crippen molar-refractivity contribution in [3.05, 3.63) is 92.7 Å². The van der Waals surface area contributed by atoms with Gasteiger partial charge < -0.3 is 9.68 Å². The first-order valence-electron chi connectivity index (χ1n) is 20.9. The Kier molecular flexibility index (Phi) is 13.5. The van der Waals surface area contributed by atoms with E-state index in [1.807, 2.05) is 24.3 Å². The molecule has 2 aliphatic heterocycles. The summed E-state index contributed by atoms with van der Waals surface area (Å²) in [6, 6.07) is 19.9. The van der Waals surface area contributed by atoms with E-state index >= 15 is 0 Å². The molecule has 0 amide bonds. The molecule has 0 N–H and O–H groups in total. The first-order chi connectivity index (χ1) is 29.2. The summed E-state index contributed by atoms with van der Waals surface area (Å²) in [4.78, 5) is 35.8. The minimum Gasteiger partial charge on any atom is -0.312 e. The second-order valence-electron chi connectivity index (χ2n) is 15.8. The molecule has 7 rings (SSSR count). The zero-order valence-electron chi connectivity index (χ0n) is 33.9. The number of thiophene rings is 2. The Balaban J connectivity index is 1.27. The number of carbonyl (C=O) groups excluding carboxylic acids is 2. The topological polar surface area (TPSA) is 77.3 Å². The minimum absolute atomic E-state index is 0.353. The lowest BCUT2D eigenvalue weighted by Crippen LogP contribution is -2.25. The van der Waals surface area contributed by atoms with Gasteiger partial charge in [-0.15, -0.1) is 22.7 Å². The molecular formula is C47H46F6N2O4S2. The maximum absolute atomic E-state index is 13.6. The van der Waals surface area contributed by atoms with E-state index in [4.69, 9.17) is 0 Å². The maximum Gasteiger partial charge on any atom is 0.437 e. The number of oxime groups is 2. The number of rotatable bonds is 18. The fourth-order valence-corrected chi connectivity index (χ4v) is 10.5. The first kappa shape index (κ1) is 44.2. The van der Waals surface area contributed by atoms with Crippen LogP contribution in [-0.2, 0) is 24.7 Å². The third kappa shape index (κ3) is 9.65. The second-order valence-corrected chi connectivity index (χ2v) is 18.0. The molecule has 0 spiro atoms. The summed E-state index contributed by atoms with van der Waals surface area (Å²) < 4.78 is 81.6. The highest BCUT2D eigenvalue weighted by atomic mass is 32.1. The molecule has 3 aliphatic rings. The van der Waals surface area contributed by atoms with Gasteiger partial charge in [0.1, 0.15) is 0 Å². The zero-order chi connectivity index (χ0) is 43.4. The van der Waals surface area contributed by atoms with E-state index in [9.17, 15) is 35.9 Å². The van der Waals surface area contributed by atoms with Crippen LogP contribution >= 0.6 is 22.7 Å². The molecule has 1 aliphatic carbocycles. The van der Waals surface area contributed by atoms with Crippen molar-refractivity contribution in [1.82, 2.24) is 0 Å². The predicted octanol–water partition coefficient (Wildman–Crippen LogP) is 14.6. The average molecular weight is 881 g/mol. The lowest BCUT2D eigenvalue weighted by atomic mass is 9.70. The summed E-state index contributed by atoms with van der Waals surface area (Å²) in [6.07, 6.45) is 8.03. The van der Waals surface area contributed by atoms with E-state index in [2.05, 4.69) is 58.1 Å². The molecule has 4 aromatic rings. The number of alkyl halides is 6. The van der Waals surface area contributed by atoms with E-state index in [-0.39, 0.29) is 5.41 Å². The fraction of sp³-hybridized carbons (Fsp3) is 0.404. The van der Waals surface area contributed by atoms with Crippen LogP contribution in [-0.4, -0.2) is 35.7 Å². The molecule has 14 heteroatoms. The smallest absolute Gasteiger partial charge is 0.312 e. The van der Waals surface area contributed by atoms with Gasteiger partial charge in [0.2, 0.25) is 0 Å². The van der Waals surface area contributed by atoms with E-state index in [1.54, 1.807) is 12.1 Å². The predicted molar refractivity (Wildman–Crippen MR) is 230 cm³/mol. The van der Waals surface area contributed by atoms with Crippen molar-refractivity contribution in [3.8, 4) is 32.0 Å². The summed E-state index contributed by atoms with van der Waals surface area (Å²) in [5.41, 5.74) is 2.16. The van der Waals surface area contributed by atoms with Crippen LogP contribution in [0, 0.1) is 0 Å². The minimum atomic E-state index is -4.84. The molecular weight excluding hydrogens is 835 g/mol. The first-order valence-corrected chi connectivity index (χ1v) is 22.5. The van der Waals surface area contributed by atoms with Gasteiger partial charge in [0.05, 0.1) is 11.1 Å². The standard InChI is InChI=1S/C47H46F6N2O4S2/c1-3-5-7-9-11-13-23-45(24-14-12-10-8-6-4-2)37-25-29(39-21-17-31(60-39)27-35-41(46(48,49)50)54-58-43(35)56)15-19-33(37)34-20-16-30(26-38(34)45)40-22-18-32(61-40)28-36-42(47(51,52)53)55-59-44(36)57/h15-22,25-28H,3-14,23-24H2,1-2H3/b35-27-,36-28-. The molecule has 61 heavy (non-hydrogen) atoms. The number of hydrogen-bond donors (Lipinski definition) is 0. The Morgan fingerprint density at radius 3 is 1.34 bits per heavy atom. The van der Waals surface area contributed by atoms with Gasteiger partial charge in [0, 0.05) is 24.9 Å². The molecule has 6 nitrogen and oxygen atoms in total. The quantitative estimate of drug-likeness (QED) is 0.0432. The summed E-state index contributed by atoms with van der Waals surface area (Å²) >= 11 is 2.56. The number of hydrogen-bond acceptors (Lipinski definition) is 8. The van der Waals surface area contributed by atoms with Gasteiger partial charge in [-0.25, -0.2) is 9.59 Å². The normalized spacial score (nSPS) is 17.2. The van der Waals surface area contributed by atoms with E-state index < -0.39 is 46.9 Å². The summed E-state index contributed by atoms with van der Waals surface area (Å²) in [7, 11) is 0. The van der Waals surface area contributed by atoms with Crippen molar-refractivity contribution in [3.63, 3.8) is 0 Å². The number of fused-ring (bicyclic) bond motifs is 3. The van der Waals surface area contributed by atoms with Crippen LogP contribution in [0.25, 0.3) is 44.2 Å². The molecule has 0 saturated heterocycles. The zero-order valence-corrected chi connectivity index (χ0v) is 35.6. The van der Waals surface area contributed by atoms with Crippen molar-refractivity contribution in [2.75, 3.05) is 0 Å². The van der Waals surface area contributed by atoms with Crippen LogP contribution in [0.15, 0.2) is 82.1 Å². The highest BCUT2D eigenvalue weighted by Crippen LogP contribution is 2.56. The number of nitrogens with zero attached hydrogens (tertiary/aromatic N) is 2. The molecule has 0 bridgehead atoms. The Morgan fingerprint density at radius 2 is 0.951 bits per heavy atom. The number of benzene rings is 2. The van der Waals surface area contributed by atoms with Gasteiger partial charge in [-0.1, -0.05) is 125 Å². The van der Waals surface area contributed by atoms with E-state index in [0.717, 1.165) is 96.2 Å². The van der Waals surface area contributed by atoms with Crippen LogP contribution in [0.4, 0.5) is 26.3 Å². The van der Waals surface area contributed by atoms with Crippen molar-refractivity contribution in [2.45, 2.75) is 122 Å². The maximum atomic E-state index is 13.6. The molecule has 0 fully saturated rings. The number of carbonyl (C=O) groups is 2. The lowest BCUT2D eigenvalue weighted by Gasteiger charge is -2.33. The van der Waals surface area contributed by atoms with E-state index in [1.165, 1.54) is 71.6 Å². The Morgan fingerprint density at radius 1 is 0.557 bits per heavy atom. The molecule has 0 unspecified atom stereocenters. The van der Waals surface area contributed by atoms with Crippen LogP contribution in [0.3, 0.4) is 0 Å². The van der Waals surface area contributed by atoms with Gasteiger partial charge >= 0.3 is 24.3 Å².